The largest absolute Gasteiger partial charge is 0.489 e. The molecule has 21 heavy (non-hydrogen) atoms. The summed E-state index contributed by atoms with van der Waals surface area (Å²) >= 11 is 0. The summed E-state index contributed by atoms with van der Waals surface area (Å²) in [6, 6.07) is 19.8. The summed E-state index contributed by atoms with van der Waals surface area (Å²) in [6.07, 6.45) is 4.04. The number of hydrogen-bond acceptors (Lipinski definition) is 2. The minimum atomic E-state index is 0.0281. The topological polar surface area (TPSA) is 34.4 Å². The highest BCUT2D eigenvalue weighted by molar-refractivity contribution is 5.36. The quantitative estimate of drug-likeness (QED) is 0.775. The number of hydrogen-bond donors (Lipinski definition) is 1. The van der Waals surface area contributed by atoms with Gasteiger partial charge in [-0.25, -0.2) is 0 Å². The molecule has 3 rings (SSSR count). The van der Waals surface area contributed by atoms with Crippen LogP contribution in [0.4, 0.5) is 0 Å². The molecular weight excluding hydrogens is 262 g/mol. The first-order chi connectivity index (χ1) is 10.3. The third-order valence-corrected chi connectivity index (χ3v) is 3.30. The fourth-order valence-electron chi connectivity index (χ4n) is 2.21. The lowest BCUT2D eigenvalue weighted by molar-refractivity contribution is 0.278. The second kappa shape index (κ2) is 6.29. The SMILES string of the molecule is OCc1cccc(OCc2cccc(-n3cccc3)c2)c1. The molecule has 0 radical (unpaired) electrons. The highest BCUT2D eigenvalue weighted by atomic mass is 16.5. The van der Waals surface area contributed by atoms with Crippen LogP contribution in [0.25, 0.3) is 5.69 Å². The van der Waals surface area contributed by atoms with Crippen molar-refractivity contribution in [2.45, 2.75) is 13.2 Å². The van der Waals surface area contributed by atoms with Gasteiger partial charge in [-0.1, -0.05) is 24.3 Å². The second-order valence-corrected chi connectivity index (χ2v) is 4.85. The molecule has 1 aromatic heterocycles. The molecule has 0 aliphatic carbocycles. The first-order valence-corrected chi connectivity index (χ1v) is 6.90. The van der Waals surface area contributed by atoms with E-state index < -0.39 is 0 Å². The Labute approximate surface area is 124 Å². The van der Waals surface area contributed by atoms with Crippen molar-refractivity contribution in [2.75, 3.05) is 0 Å². The lowest BCUT2D eigenvalue weighted by Gasteiger charge is -2.09. The zero-order chi connectivity index (χ0) is 14.5. The van der Waals surface area contributed by atoms with Crippen LogP contribution in [-0.2, 0) is 13.2 Å². The van der Waals surface area contributed by atoms with E-state index in [4.69, 9.17) is 9.84 Å². The van der Waals surface area contributed by atoms with Gasteiger partial charge in [0, 0.05) is 18.1 Å². The predicted molar refractivity (Wildman–Crippen MR) is 82.5 cm³/mol. The number of aromatic nitrogens is 1. The molecular formula is C18H17NO2. The zero-order valence-corrected chi connectivity index (χ0v) is 11.6. The van der Waals surface area contributed by atoms with Crippen LogP contribution in [0.5, 0.6) is 5.75 Å². The molecule has 0 unspecified atom stereocenters. The number of aliphatic hydroxyl groups excluding tert-OH is 1. The van der Waals surface area contributed by atoms with Crippen molar-refractivity contribution < 1.29 is 9.84 Å². The fourth-order valence-corrected chi connectivity index (χ4v) is 2.21. The molecule has 3 nitrogen and oxygen atoms in total. The Hall–Kier alpha value is -2.52. The van der Waals surface area contributed by atoms with E-state index in [1.54, 1.807) is 0 Å². The Kier molecular flexibility index (Phi) is 4.03. The van der Waals surface area contributed by atoms with Crippen LogP contribution in [0, 0.1) is 0 Å². The lowest BCUT2D eigenvalue weighted by Crippen LogP contribution is -1.98. The van der Waals surface area contributed by atoms with E-state index >= 15 is 0 Å². The Morgan fingerprint density at radius 3 is 2.43 bits per heavy atom. The standard InChI is InChI=1S/C18H17NO2/c20-13-15-5-4-8-18(12-15)21-14-16-6-3-7-17(11-16)19-9-1-2-10-19/h1-12,20H,13-14H2. The van der Waals surface area contributed by atoms with Gasteiger partial charge in [0.15, 0.2) is 0 Å². The summed E-state index contributed by atoms with van der Waals surface area (Å²) < 4.78 is 7.85. The molecule has 0 aliphatic rings. The van der Waals surface area contributed by atoms with E-state index in [2.05, 4.69) is 16.7 Å². The van der Waals surface area contributed by atoms with Gasteiger partial charge in [-0.05, 0) is 47.5 Å². The van der Waals surface area contributed by atoms with Gasteiger partial charge >= 0.3 is 0 Å². The number of rotatable bonds is 5. The van der Waals surface area contributed by atoms with Gasteiger partial charge in [-0.15, -0.1) is 0 Å². The van der Waals surface area contributed by atoms with Crippen molar-refractivity contribution in [3.63, 3.8) is 0 Å². The molecule has 0 amide bonds. The summed E-state index contributed by atoms with van der Waals surface area (Å²) in [4.78, 5) is 0. The van der Waals surface area contributed by atoms with Crippen molar-refractivity contribution in [1.82, 2.24) is 4.57 Å². The lowest BCUT2D eigenvalue weighted by atomic mass is 10.2. The predicted octanol–water partition coefficient (Wildman–Crippen LogP) is 3.55. The van der Waals surface area contributed by atoms with E-state index in [1.807, 2.05) is 60.9 Å². The van der Waals surface area contributed by atoms with E-state index in [9.17, 15) is 0 Å². The van der Waals surface area contributed by atoms with Crippen LogP contribution in [0.3, 0.4) is 0 Å². The van der Waals surface area contributed by atoms with Gasteiger partial charge in [0.2, 0.25) is 0 Å². The maximum atomic E-state index is 9.13. The first kappa shape index (κ1) is 13.5. The average Bonchev–Trinajstić information content (AvgIpc) is 3.08. The maximum Gasteiger partial charge on any atom is 0.120 e. The van der Waals surface area contributed by atoms with Crippen LogP contribution in [0.1, 0.15) is 11.1 Å². The van der Waals surface area contributed by atoms with Crippen molar-refractivity contribution in [3.8, 4) is 11.4 Å². The molecule has 1 heterocycles. The van der Waals surface area contributed by atoms with Gasteiger partial charge in [-0.3, -0.25) is 0 Å². The van der Waals surface area contributed by atoms with Gasteiger partial charge in [0.25, 0.3) is 0 Å². The molecule has 3 heteroatoms. The van der Waals surface area contributed by atoms with Gasteiger partial charge in [0.05, 0.1) is 6.61 Å². The molecule has 0 atom stereocenters. The fraction of sp³-hybridized carbons (Fsp3) is 0.111. The molecule has 0 aliphatic heterocycles. The molecule has 0 bridgehead atoms. The Bertz CT molecular complexity index is 705. The average molecular weight is 279 g/mol. The molecule has 0 fully saturated rings. The number of ether oxygens (including phenoxy) is 1. The highest BCUT2D eigenvalue weighted by Gasteiger charge is 2.00. The molecule has 0 saturated heterocycles. The summed E-state index contributed by atoms with van der Waals surface area (Å²) in [5.74, 6) is 0.771. The van der Waals surface area contributed by atoms with Crippen molar-refractivity contribution in [2.24, 2.45) is 0 Å². The van der Waals surface area contributed by atoms with Gasteiger partial charge in [-0.2, -0.15) is 0 Å². The second-order valence-electron chi connectivity index (χ2n) is 4.85. The normalized spacial score (nSPS) is 10.5. The van der Waals surface area contributed by atoms with E-state index in [0.29, 0.717) is 6.61 Å². The smallest absolute Gasteiger partial charge is 0.120 e. The van der Waals surface area contributed by atoms with E-state index in [0.717, 1.165) is 22.6 Å². The number of aliphatic hydroxyl groups is 1. The minimum Gasteiger partial charge on any atom is -0.489 e. The summed E-state index contributed by atoms with van der Waals surface area (Å²) in [7, 11) is 0. The maximum absolute atomic E-state index is 9.13. The molecule has 1 N–H and O–H groups in total. The first-order valence-electron chi connectivity index (χ1n) is 6.90. The van der Waals surface area contributed by atoms with Crippen LogP contribution in [-0.4, -0.2) is 9.67 Å². The molecule has 2 aromatic carbocycles. The molecule has 106 valence electrons. The molecule has 0 spiro atoms. The van der Waals surface area contributed by atoms with Crippen LogP contribution in [0.15, 0.2) is 73.1 Å². The Morgan fingerprint density at radius 1 is 0.857 bits per heavy atom. The van der Waals surface area contributed by atoms with Gasteiger partial charge in [0.1, 0.15) is 12.4 Å². The van der Waals surface area contributed by atoms with Crippen LogP contribution < -0.4 is 4.74 Å². The highest BCUT2D eigenvalue weighted by Crippen LogP contribution is 2.17. The van der Waals surface area contributed by atoms with Crippen LogP contribution >= 0.6 is 0 Å². The van der Waals surface area contributed by atoms with E-state index in [-0.39, 0.29) is 6.61 Å². The third kappa shape index (κ3) is 3.33. The van der Waals surface area contributed by atoms with E-state index in [1.165, 1.54) is 0 Å². The summed E-state index contributed by atoms with van der Waals surface area (Å²) in [6.45, 7) is 0.532. The summed E-state index contributed by atoms with van der Waals surface area (Å²) in [5, 5.41) is 9.13. The van der Waals surface area contributed by atoms with Gasteiger partial charge < -0.3 is 14.4 Å². The molecule has 0 saturated carbocycles. The molecule has 3 aromatic rings. The van der Waals surface area contributed by atoms with Crippen molar-refractivity contribution >= 4 is 0 Å². The van der Waals surface area contributed by atoms with Crippen LogP contribution in [0.2, 0.25) is 0 Å². The van der Waals surface area contributed by atoms with Crippen molar-refractivity contribution in [1.29, 1.82) is 0 Å². The zero-order valence-electron chi connectivity index (χ0n) is 11.6. The number of benzene rings is 2. The summed E-state index contributed by atoms with van der Waals surface area (Å²) in [5.41, 5.74) is 3.08. The third-order valence-electron chi connectivity index (χ3n) is 3.30. The monoisotopic (exact) mass is 279 g/mol. The Balaban J connectivity index is 1.72. The number of nitrogens with zero attached hydrogens (tertiary/aromatic N) is 1. The minimum absolute atomic E-state index is 0.0281. The Morgan fingerprint density at radius 2 is 1.62 bits per heavy atom. The van der Waals surface area contributed by atoms with Crippen molar-refractivity contribution in [3.05, 3.63) is 84.2 Å².